The topological polar surface area (TPSA) is 279 Å². The Morgan fingerprint density at radius 3 is 1.95 bits per heavy atom. The lowest BCUT2D eigenvalue weighted by Gasteiger charge is -2.19. The Morgan fingerprint density at radius 1 is 0.902 bits per heavy atom. The summed E-state index contributed by atoms with van der Waals surface area (Å²) < 4.78 is 14.6. The third-order valence-corrected chi connectivity index (χ3v) is 7.40. The van der Waals surface area contributed by atoms with Gasteiger partial charge in [-0.25, -0.2) is 9.97 Å². The zero-order chi connectivity index (χ0) is 29.2. The van der Waals surface area contributed by atoms with Crippen molar-refractivity contribution >= 4 is 34.2 Å². The summed E-state index contributed by atoms with van der Waals surface area (Å²) in [4.78, 5) is 45.2. The van der Waals surface area contributed by atoms with Gasteiger partial charge in [0.1, 0.15) is 18.3 Å². The minimum atomic E-state index is -1.37. The van der Waals surface area contributed by atoms with E-state index in [9.17, 15) is 30.0 Å². The molecule has 10 N–H and O–H groups in total. The molecule has 0 spiro atoms. The molecular formula is C23H28N10O8. The summed E-state index contributed by atoms with van der Waals surface area (Å²) in [7, 11) is 0. The highest BCUT2D eigenvalue weighted by atomic mass is 16.6. The zero-order valence-electron chi connectivity index (χ0n) is 21.5. The second-order valence-electron chi connectivity index (χ2n) is 10.1. The molecule has 0 saturated carbocycles. The molecule has 6 rings (SSSR count). The lowest BCUT2D eigenvalue weighted by atomic mass is 9.93. The Kier molecular flexibility index (Phi) is 6.59. The lowest BCUT2D eigenvalue weighted by Crippen LogP contribution is -2.32. The average molecular weight is 573 g/mol. The molecule has 6 heterocycles. The van der Waals surface area contributed by atoms with Gasteiger partial charge in [-0.05, 0) is 13.3 Å². The van der Waals surface area contributed by atoms with Crippen LogP contribution in [-0.2, 0) is 9.47 Å². The molecule has 2 saturated heterocycles. The third-order valence-electron chi connectivity index (χ3n) is 7.40. The van der Waals surface area contributed by atoms with E-state index in [1.54, 1.807) is 13.0 Å². The number of ether oxygens (including phenoxy) is 2. The molecule has 18 heteroatoms. The predicted molar refractivity (Wildman–Crippen MR) is 140 cm³/mol. The Morgan fingerprint density at radius 2 is 1.41 bits per heavy atom. The molecule has 2 fully saturated rings. The molecule has 2 aliphatic heterocycles. The maximum Gasteiger partial charge on any atom is 0.280 e. The number of rotatable bonds is 6. The molecular weight excluding hydrogens is 544 g/mol. The summed E-state index contributed by atoms with van der Waals surface area (Å²) in [5, 5.41) is 42.7. The quantitative estimate of drug-likeness (QED) is 0.109. The highest BCUT2D eigenvalue weighted by Crippen LogP contribution is 2.38. The summed E-state index contributed by atoms with van der Waals surface area (Å²) in [5.74, 6) is -0.970. The number of hydrogen-bond donors (Lipinski definition) is 8. The van der Waals surface area contributed by atoms with Crippen LogP contribution in [0, 0.1) is 5.92 Å². The second-order valence-corrected chi connectivity index (χ2v) is 10.1. The van der Waals surface area contributed by atoms with Crippen LogP contribution in [0.5, 0.6) is 0 Å². The minimum Gasteiger partial charge on any atom is -0.394 e. The van der Waals surface area contributed by atoms with Crippen molar-refractivity contribution in [1.29, 1.82) is 0 Å². The number of anilines is 2. The van der Waals surface area contributed by atoms with Crippen molar-refractivity contribution in [2.24, 2.45) is 5.92 Å². The van der Waals surface area contributed by atoms with Crippen molar-refractivity contribution in [3.63, 3.8) is 0 Å². The van der Waals surface area contributed by atoms with E-state index < -0.39 is 66.6 Å². The van der Waals surface area contributed by atoms with Gasteiger partial charge in [0.15, 0.2) is 34.8 Å². The van der Waals surface area contributed by atoms with Crippen LogP contribution in [0.25, 0.3) is 22.3 Å². The number of hydrogen-bond acceptors (Lipinski definition) is 14. The van der Waals surface area contributed by atoms with Gasteiger partial charge in [-0.3, -0.25) is 28.7 Å². The summed E-state index contributed by atoms with van der Waals surface area (Å²) in [5.41, 5.74) is 11.1. The van der Waals surface area contributed by atoms with Crippen LogP contribution in [0.4, 0.5) is 11.9 Å². The fourth-order valence-corrected chi connectivity index (χ4v) is 5.46. The Balaban J connectivity index is 1.22. The number of aliphatic hydroxyl groups is 4. The maximum atomic E-state index is 12.2. The van der Waals surface area contributed by atoms with Gasteiger partial charge in [0.2, 0.25) is 11.9 Å². The van der Waals surface area contributed by atoms with Gasteiger partial charge in [0, 0.05) is 5.92 Å². The normalized spacial score (nSPS) is 30.6. The minimum absolute atomic E-state index is 0.00278. The van der Waals surface area contributed by atoms with Crippen molar-refractivity contribution in [3.05, 3.63) is 45.0 Å². The van der Waals surface area contributed by atoms with Gasteiger partial charge >= 0.3 is 0 Å². The number of nitrogens with one attached hydrogen (secondary N) is 2. The molecule has 18 nitrogen and oxygen atoms in total. The van der Waals surface area contributed by atoms with E-state index in [1.165, 1.54) is 21.8 Å². The van der Waals surface area contributed by atoms with Crippen LogP contribution in [0.3, 0.4) is 0 Å². The first kappa shape index (κ1) is 27.0. The monoisotopic (exact) mass is 572 g/mol. The molecule has 0 bridgehead atoms. The third kappa shape index (κ3) is 4.46. The van der Waals surface area contributed by atoms with Gasteiger partial charge in [-0.1, -0.05) is 11.6 Å². The Bertz CT molecular complexity index is 1760. The van der Waals surface area contributed by atoms with Gasteiger partial charge in [0.25, 0.3) is 11.1 Å². The molecule has 41 heavy (non-hydrogen) atoms. The van der Waals surface area contributed by atoms with E-state index in [0.717, 1.165) is 0 Å². The Hall–Kier alpha value is -4.20. The smallest absolute Gasteiger partial charge is 0.280 e. The highest BCUT2D eigenvalue weighted by Gasteiger charge is 2.46. The van der Waals surface area contributed by atoms with E-state index in [0.29, 0.717) is 5.57 Å². The summed E-state index contributed by atoms with van der Waals surface area (Å²) in [6.45, 7) is 1.32. The first-order chi connectivity index (χ1) is 19.6. The van der Waals surface area contributed by atoms with Gasteiger partial charge in [-0.15, -0.1) is 0 Å². The number of aromatic amines is 2. The van der Waals surface area contributed by atoms with E-state index in [1.807, 2.05) is 0 Å². The fraction of sp³-hybridized carbons (Fsp3) is 0.478. The first-order valence-corrected chi connectivity index (χ1v) is 12.6. The van der Waals surface area contributed by atoms with E-state index in [4.69, 9.17) is 20.9 Å². The van der Waals surface area contributed by atoms with Crippen molar-refractivity contribution < 1.29 is 29.9 Å². The van der Waals surface area contributed by atoms with Crippen molar-refractivity contribution in [2.45, 2.75) is 56.3 Å². The number of aliphatic hydroxyl groups excluding tert-OH is 4. The van der Waals surface area contributed by atoms with E-state index >= 15 is 0 Å². The highest BCUT2D eigenvalue weighted by molar-refractivity contribution is 5.71. The number of H-pyrrole nitrogens is 2. The zero-order valence-corrected chi connectivity index (χ0v) is 21.5. The molecule has 8 unspecified atom stereocenters. The van der Waals surface area contributed by atoms with Gasteiger partial charge in [-0.2, -0.15) is 9.97 Å². The van der Waals surface area contributed by atoms with Crippen LogP contribution in [0.15, 0.2) is 33.9 Å². The molecule has 4 aromatic heterocycles. The molecule has 218 valence electrons. The number of nitrogens with zero attached hydrogens (tertiary/aromatic N) is 6. The van der Waals surface area contributed by atoms with Crippen molar-refractivity contribution in [3.8, 4) is 0 Å². The van der Waals surface area contributed by atoms with Gasteiger partial charge < -0.3 is 41.4 Å². The van der Waals surface area contributed by atoms with E-state index in [2.05, 4.69) is 29.9 Å². The molecule has 0 aromatic carbocycles. The van der Waals surface area contributed by atoms with E-state index in [-0.39, 0.29) is 40.6 Å². The molecule has 0 amide bonds. The van der Waals surface area contributed by atoms with Crippen LogP contribution in [0.1, 0.15) is 25.8 Å². The van der Waals surface area contributed by atoms with Crippen molar-refractivity contribution in [1.82, 2.24) is 39.0 Å². The largest absolute Gasteiger partial charge is 0.394 e. The number of aromatic nitrogens is 8. The van der Waals surface area contributed by atoms with Crippen LogP contribution < -0.4 is 22.6 Å². The number of fused-ring (bicyclic) bond motifs is 2. The SMILES string of the molecule is CC(=CC1C(CO)OC(n2cnc3c(=O)[nH]c(N)nc32)C1O)CC1OC(n2cnc3c(=O)[nH]c(N)nc32)C(O)C1O. The average Bonchev–Trinajstić information content (AvgIpc) is 3.66. The molecule has 4 aromatic rings. The Labute approximate surface area is 228 Å². The fourth-order valence-electron chi connectivity index (χ4n) is 5.46. The standard InChI is InChI=1S/C23H28N10O8/c1-7(3-9-14(36)15(37)21(40-9)33-6-27-12-17(33)29-23(25)31-19(12)39)2-8-10(4-34)41-20(13(8)35)32-5-26-11-16(32)28-22(24)30-18(11)38/h2,5-6,8-10,13-15,20-21,34-37H,3-4H2,1H3,(H3,24,28,30,38)(H3,25,29,31,39). The number of nitrogens with two attached hydrogens (primary N) is 2. The number of nitrogen functional groups attached to an aromatic ring is 2. The maximum absolute atomic E-state index is 12.2. The van der Waals surface area contributed by atoms with Crippen LogP contribution in [-0.4, -0.2) is 96.6 Å². The molecule has 8 atom stereocenters. The summed E-state index contributed by atoms with van der Waals surface area (Å²) >= 11 is 0. The summed E-state index contributed by atoms with van der Waals surface area (Å²) in [6.07, 6.45) is -3.27. The molecule has 2 aliphatic rings. The first-order valence-electron chi connectivity index (χ1n) is 12.6. The predicted octanol–water partition coefficient (Wildman–Crippen LogP) is -2.76. The summed E-state index contributed by atoms with van der Waals surface area (Å²) in [6, 6.07) is 0. The molecule has 0 radical (unpaired) electrons. The lowest BCUT2D eigenvalue weighted by molar-refractivity contribution is -0.0490. The van der Waals surface area contributed by atoms with Gasteiger partial charge in [0.05, 0.1) is 31.5 Å². The number of imidazole rings is 2. The van der Waals surface area contributed by atoms with Crippen LogP contribution >= 0.6 is 0 Å². The molecule has 0 aliphatic carbocycles. The second kappa shape index (κ2) is 10.0. The van der Waals surface area contributed by atoms with Crippen LogP contribution in [0.2, 0.25) is 0 Å². The van der Waals surface area contributed by atoms with Crippen molar-refractivity contribution in [2.75, 3.05) is 18.1 Å².